The van der Waals surface area contributed by atoms with Crippen LogP contribution >= 0.6 is 0 Å². The molecule has 3 heterocycles. The Hall–Kier alpha value is -4.66. The van der Waals surface area contributed by atoms with Crippen LogP contribution in [-0.2, 0) is 4.79 Å². The first kappa shape index (κ1) is 27.4. The van der Waals surface area contributed by atoms with Gasteiger partial charge in [-0.15, -0.1) is 0 Å². The third-order valence-electron chi connectivity index (χ3n) is 6.41. The van der Waals surface area contributed by atoms with E-state index in [9.17, 15) is 18.4 Å². The SMILES string of the molecule is C=CC(=O)N1CC[C@H](n2nc(C#Cc3c(F)c(OC)cc(OC)c3F)c3c(N)ncc(C(=O)NCCC)c32)C1. The van der Waals surface area contributed by atoms with E-state index in [0.29, 0.717) is 31.6 Å². The fourth-order valence-corrected chi connectivity index (χ4v) is 4.43. The highest BCUT2D eigenvalue weighted by Gasteiger charge is 2.31. The summed E-state index contributed by atoms with van der Waals surface area (Å²) in [5.41, 5.74) is 6.28. The number of carbonyl (C=O) groups is 2. The summed E-state index contributed by atoms with van der Waals surface area (Å²) in [5, 5.41) is 7.69. The summed E-state index contributed by atoms with van der Waals surface area (Å²) in [4.78, 5) is 31.0. The average molecular weight is 539 g/mol. The van der Waals surface area contributed by atoms with Crippen molar-refractivity contribution >= 4 is 28.5 Å². The molecule has 0 radical (unpaired) electrons. The molecule has 2 aromatic heterocycles. The van der Waals surface area contributed by atoms with Gasteiger partial charge in [0.1, 0.15) is 17.1 Å². The van der Waals surface area contributed by atoms with Gasteiger partial charge < -0.3 is 25.4 Å². The second kappa shape index (κ2) is 11.4. The number of pyridine rings is 1. The van der Waals surface area contributed by atoms with Crippen molar-refractivity contribution in [2.45, 2.75) is 25.8 Å². The molecule has 1 atom stereocenters. The number of methoxy groups -OCH3 is 2. The van der Waals surface area contributed by atoms with Gasteiger partial charge in [-0.2, -0.15) is 5.10 Å². The number of nitrogen functional groups attached to an aromatic ring is 1. The molecule has 2 amide bonds. The van der Waals surface area contributed by atoms with Crippen molar-refractivity contribution in [2.24, 2.45) is 0 Å². The van der Waals surface area contributed by atoms with Crippen LogP contribution in [0.2, 0.25) is 0 Å². The van der Waals surface area contributed by atoms with E-state index in [2.05, 4.69) is 33.8 Å². The topological polar surface area (TPSA) is 125 Å². The summed E-state index contributed by atoms with van der Waals surface area (Å²) < 4.78 is 41.5. The molecule has 4 rings (SSSR count). The molecule has 3 aromatic rings. The molecule has 1 aliphatic heterocycles. The molecule has 10 nitrogen and oxygen atoms in total. The smallest absolute Gasteiger partial charge is 0.255 e. The van der Waals surface area contributed by atoms with Crippen LogP contribution < -0.4 is 20.5 Å². The number of halogens is 2. The summed E-state index contributed by atoms with van der Waals surface area (Å²) in [6.07, 6.45) is 3.84. The Bertz CT molecular complexity index is 1500. The van der Waals surface area contributed by atoms with Crippen molar-refractivity contribution in [3.8, 4) is 23.3 Å². The van der Waals surface area contributed by atoms with Gasteiger partial charge in [-0.05, 0) is 24.8 Å². The predicted molar refractivity (Wildman–Crippen MR) is 140 cm³/mol. The van der Waals surface area contributed by atoms with Crippen LogP contribution in [0.4, 0.5) is 14.6 Å². The number of nitrogens with two attached hydrogens (primary N) is 1. The number of aromatic nitrogens is 3. The molecule has 3 N–H and O–H groups in total. The first-order chi connectivity index (χ1) is 18.7. The molecule has 1 aliphatic rings. The number of ether oxygens (including phenoxy) is 2. The molecule has 1 aromatic carbocycles. The number of rotatable bonds is 7. The van der Waals surface area contributed by atoms with E-state index in [1.807, 2.05) is 6.92 Å². The second-order valence-corrected chi connectivity index (χ2v) is 8.79. The van der Waals surface area contributed by atoms with E-state index >= 15 is 0 Å². The Kier molecular flexibility index (Phi) is 7.99. The zero-order valence-corrected chi connectivity index (χ0v) is 21.8. The monoisotopic (exact) mass is 538 g/mol. The van der Waals surface area contributed by atoms with Crippen molar-refractivity contribution in [3.05, 3.63) is 53.4 Å². The van der Waals surface area contributed by atoms with Crippen molar-refractivity contribution in [1.29, 1.82) is 0 Å². The summed E-state index contributed by atoms with van der Waals surface area (Å²) >= 11 is 0. The number of likely N-dealkylation sites (tertiary alicyclic amines) is 1. The minimum atomic E-state index is -1.01. The molecule has 12 heteroatoms. The number of hydrogen-bond donors (Lipinski definition) is 2. The first-order valence-corrected chi connectivity index (χ1v) is 12.2. The van der Waals surface area contributed by atoms with Crippen molar-refractivity contribution in [1.82, 2.24) is 25.0 Å². The summed E-state index contributed by atoms with van der Waals surface area (Å²) in [7, 11) is 2.48. The summed E-state index contributed by atoms with van der Waals surface area (Å²) in [6.45, 7) is 6.66. The Labute approximate surface area is 223 Å². The lowest BCUT2D eigenvalue weighted by molar-refractivity contribution is -0.125. The lowest BCUT2D eigenvalue weighted by Gasteiger charge is -2.16. The first-order valence-electron chi connectivity index (χ1n) is 12.2. The number of benzene rings is 1. The van der Waals surface area contributed by atoms with Crippen molar-refractivity contribution in [3.63, 3.8) is 0 Å². The number of fused-ring (bicyclic) bond motifs is 1. The van der Waals surface area contributed by atoms with Gasteiger partial charge in [0.05, 0.1) is 36.7 Å². The second-order valence-electron chi connectivity index (χ2n) is 8.79. The maximum atomic E-state index is 15.0. The van der Waals surface area contributed by atoms with Gasteiger partial charge in [0.2, 0.25) is 5.91 Å². The standard InChI is InChI=1S/C27H28F2N6O4/c1-5-10-31-27(37)17-13-32-26(30)22-18(8-7-16-23(28)19(38-3)12-20(39-4)24(16)29)33-35(25(17)22)15-9-11-34(14-15)21(36)6-2/h6,12-13,15H,2,5,9-11,14H2,1,3-4H3,(H2,30,32)(H,31,37)/t15-/m0/s1. The van der Waals surface area contributed by atoms with Gasteiger partial charge >= 0.3 is 0 Å². The largest absolute Gasteiger partial charge is 0.493 e. The quantitative estimate of drug-likeness (QED) is 0.350. The van der Waals surface area contributed by atoms with Crippen LogP contribution in [0.1, 0.15) is 47.4 Å². The molecule has 0 aliphatic carbocycles. The average Bonchev–Trinajstić information content (AvgIpc) is 3.57. The third kappa shape index (κ3) is 5.07. The zero-order valence-electron chi connectivity index (χ0n) is 21.8. The molecule has 1 fully saturated rings. The third-order valence-corrected chi connectivity index (χ3v) is 6.41. The highest BCUT2D eigenvalue weighted by atomic mass is 19.1. The maximum Gasteiger partial charge on any atom is 0.255 e. The van der Waals surface area contributed by atoms with E-state index in [0.717, 1.165) is 12.5 Å². The summed E-state index contributed by atoms with van der Waals surface area (Å²) in [5.74, 6) is 2.11. The van der Waals surface area contributed by atoms with E-state index in [4.69, 9.17) is 15.2 Å². The van der Waals surface area contributed by atoms with Gasteiger partial charge in [0, 0.05) is 31.9 Å². The Balaban J connectivity index is 1.92. The van der Waals surface area contributed by atoms with E-state index in [-0.39, 0.29) is 51.8 Å². The number of nitrogens with one attached hydrogen (secondary N) is 1. The van der Waals surface area contributed by atoms with Crippen LogP contribution in [0.25, 0.3) is 10.9 Å². The minimum absolute atomic E-state index is 0.0359. The highest BCUT2D eigenvalue weighted by Crippen LogP contribution is 2.33. The number of nitrogens with zero attached hydrogens (tertiary/aromatic N) is 4. The van der Waals surface area contributed by atoms with Gasteiger partial charge in [-0.1, -0.05) is 19.4 Å². The normalized spacial score (nSPS) is 14.6. The van der Waals surface area contributed by atoms with Crippen molar-refractivity contribution in [2.75, 3.05) is 39.6 Å². The number of amides is 2. The van der Waals surface area contributed by atoms with Crippen LogP contribution in [0.5, 0.6) is 11.5 Å². The zero-order chi connectivity index (χ0) is 28.3. The minimum Gasteiger partial charge on any atom is -0.493 e. The highest BCUT2D eigenvalue weighted by molar-refractivity contribution is 6.09. The fraction of sp³-hybridized carbons (Fsp3) is 0.333. The Morgan fingerprint density at radius 2 is 1.95 bits per heavy atom. The van der Waals surface area contributed by atoms with Gasteiger partial charge in [0.25, 0.3) is 5.91 Å². The molecule has 0 spiro atoms. The summed E-state index contributed by atoms with van der Waals surface area (Å²) in [6, 6.07) is 0.760. The van der Waals surface area contributed by atoms with Crippen LogP contribution in [0, 0.1) is 23.5 Å². The molecular formula is C27H28F2N6O4. The molecular weight excluding hydrogens is 510 g/mol. The van der Waals surface area contributed by atoms with Gasteiger partial charge in [0.15, 0.2) is 23.1 Å². The maximum absolute atomic E-state index is 15.0. The number of carbonyl (C=O) groups excluding carboxylic acids is 2. The molecule has 0 bridgehead atoms. The number of hydrogen-bond acceptors (Lipinski definition) is 7. The van der Waals surface area contributed by atoms with Gasteiger partial charge in [-0.25, -0.2) is 13.8 Å². The molecule has 39 heavy (non-hydrogen) atoms. The van der Waals surface area contributed by atoms with E-state index in [1.54, 1.807) is 9.58 Å². The molecule has 0 saturated carbocycles. The lowest BCUT2D eigenvalue weighted by Crippen LogP contribution is -2.28. The van der Waals surface area contributed by atoms with E-state index in [1.165, 1.54) is 26.5 Å². The van der Waals surface area contributed by atoms with E-state index < -0.39 is 17.2 Å². The van der Waals surface area contributed by atoms with Gasteiger partial charge in [-0.3, -0.25) is 14.3 Å². The Morgan fingerprint density at radius 1 is 1.26 bits per heavy atom. The van der Waals surface area contributed by atoms with Crippen LogP contribution in [0.15, 0.2) is 24.9 Å². The predicted octanol–water partition coefficient (Wildman–Crippen LogP) is 2.81. The number of anilines is 1. The van der Waals surface area contributed by atoms with Crippen LogP contribution in [0.3, 0.4) is 0 Å². The lowest BCUT2D eigenvalue weighted by atomic mass is 10.1. The Morgan fingerprint density at radius 3 is 2.56 bits per heavy atom. The van der Waals surface area contributed by atoms with Crippen LogP contribution in [-0.4, -0.2) is 65.3 Å². The van der Waals surface area contributed by atoms with Crippen molar-refractivity contribution < 1.29 is 27.8 Å². The molecule has 1 saturated heterocycles. The fourth-order valence-electron chi connectivity index (χ4n) is 4.43. The molecule has 204 valence electrons. The molecule has 0 unspecified atom stereocenters.